The molecule has 1 atom stereocenters. The monoisotopic (exact) mass is 488 g/mol. The molecule has 0 spiro atoms. The summed E-state index contributed by atoms with van der Waals surface area (Å²) in [5, 5.41) is 3.07. The Morgan fingerprint density at radius 3 is 2.24 bits per heavy atom. The predicted octanol–water partition coefficient (Wildman–Crippen LogP) is 4.96. The second-order valence-corrected chi connectivity index (χ2v) is 9.51. The summed E-state index contributed by atoms with van der Waals surface area (Å²) in [5.74, 6) is 0.677. The first kappa shape index (κ1) is 24.4. The molecule has 7 nitrogen and oxygen atoms in total. The van der Waals surface area contributed by atoms with Gasteiger partial charge in [-0.1, -0.05) is 35.4 Å². The molecule has 0 unspecified atom stereocenters. The number of halogens is 1. The Labute approximate surface area is 198 Å². The second-order valence-electron chi connectivity index (χ2n) is 7.42. The van der Waals surface area contributed by atoms with Crippen molar-refractivity contribution in [1.29, 1.82) is 0 Å². The van der Waals surface area contributed by atoms with Gasteiger partial charge in [0.2, 0.25) is 0 Å². The van der Waals surface area contributed by atoms with Crippen molar-refractivity contribution in [2.45, 2.75) is 24.8 Å². The van der Waals surface area contributed by atoms with E-state index in [-0.39, 0.29) is 27.2 Å². The Morgan fingerprint density at radius 1 is 0.939 bits per heavy atom. The zero-order valence-electron chi connectivity index (χ0n) is 18.7. The fourth-order valence-electron chi connectivity index (χ4n) is 3.17. The van der Waals surface area contributed by atoms with E-state index in [0.29, 0.717) is 11.5 Å². The maximum absolute atomic E-state index is 12.9. The number of sulfonamides is 1. The first-order valence-electron chi connectivity index (χ1n) is 10.1. The minimum Gasteiger partial charge on any atom is -0.493 e. The lowest BCUT2D eigenvalue weighted by Crippen LogP contribution is -2.27. The van der Waals surface area contributed by atoms with Crippen LogP contribution in [0.5, 0.6) is 11.5 Å². The highest BCUT2D eigenvalue weighted by Crippen LogP contribution is 2.30. The summed E-state index contributed by atoms with van der Waals surface area (Å²) in [6, 6.07) is 15.8. The van der Waals surface area contributed by atoms with Gasteiger partial charge < -0.3 is 14.8 Å². The molecule has 0 radical (unpaired) electrons. The number of nitrogens with one attached hydrogen (secondary N) is 2. The van der Waals surface area contributed by atoms with Crippen LogP contribution in [0.25, 0.3) is 0 Å². The van der Waals surface area contributed by atoms with Crippen LogP contribution in [-0.2, 0) is 10.0 Å². The molecule has 0 aliphatic rings. The molecule has 3 aromatic rings. The number of anilines is 1. The van der Waals surface area contributed by atoms with Crippen LogP contribution in [0.15, 0.2) is 65.6 Å². The number of aryl methyl sites for hydroxylation is 1. The molecule has 0 bridgehead atoms. The predicted molar refractivity (Wildman–Crippen MR) is 129 cm³/mol. The summed E-state index contributed by atoms with van der Waals surface area (Å²) in [7, 11) is -0.734. The minimum atomic E-state index is -3.82. The van der Waals surface area contributed by atoms with E-state index in [1.54, 1.807) is 31.4 Å². The number of amides is 1. The molecule has 1 amide bonds. The molecule has 33 heavy (non-hydrogen) atoms. The maximum Gasteiger partial charge on any atom is 0.261 e. The topological polar surface area (TPSA) is 93.7 Å². The highest BCUT2D eigenvalue weighted by atomic mass is 35.5. The van der Waals surface area contributed by atoms with Gasteiger partial charge in [-0.3, -0.25) is 9.52 Å². The van der Waals surface area contributed by atoms with Crippen LogP contribution in [0.1, 0.15) is 34.5 Å². The Kier molecular flexibility index (Phi) is 7.50. The van der Waals surface area contributed by atoms with E-state index in [1.807, 2.05) is 19.9 Å². The summed E-state index contributed by atoms with van der Waals surface area (Å²) < 4.78 is 38.4. The number of hydrogen-bond acceptors (Lipinski definition) is 5. The maximum atomic E-state index is 12.9. The van der Waals surface area contributed by atoms with Gasteiger partial charge in [-0.2, -0.15) is 0 Å². The van der Waals surface area contributed by atoms with Crippen LogP contribution in [0.4, 0.5) is 5.69 Å². The largest absolute Gasteiger partial charge is 0.493 e. The molecule has 0 aromatic heterocycles. The molecule has 0 heterocycles. The first-order valence-corrected chi connectivity index (χ1v) is 11.9. The summed E-state index contributed by atoms with van der Waals surface area (Å²) in [4.78, 5) is 13.0. The minimum absolute atomic E-state index is 0.121. The SMILES string of the molecule is COc1ccc([C@@H](C)NC(=O)c2cc(NS(=O)(=O)c3ccc(C)cc3)ccc2Cl)cc1OC. The van der Waals surface area contributed by atoms with E-state index in [0.717, 1.165) is 11.1 Å². The van der Waals surface area contributed by atoms with Crippen LogP contribution in [-0.4, -0.2) is 28.5 Å². The molecule has 9 heteroatoms. The van der Waals surface area contributed by atoms with E-state index < -0.39 is 15.9 Å². The standard InChI is InChI=1S/C24H25ClN2O5S/c1-15-5-9-19(10-6-15)33(29,30)27-18-8-11-21(25)20(14-18)24(28)26-16(2)17-7-12-22(31-3)23(13-17)32-4/h5-14,16,27H,1-4H3,(H,26,28)/t16-/m1/s1. The van der Waals surface area contributed by atoms with Gasteiger partial charge in [-0.05, 0) is 61.9 Å². The van der Waals surface area contributed by atoms with Crippen molar-refractivity contribution >= 4 is 33.2 Å². The van der Waals surface area contributed by atoms with Crippen LogP contribution < -0.4 is 19.5 Å². The van der Waals surface area contributed by atoms with Gasteiger partial charge >= 0.3 is 0 Å². The van der Waals surface area contributed by atoms with Crippen molar-refractivity contribution in [2.24, 2.45) is 0 Å². The summed E-state index contributed by atoms with van der Waals surface area (Å²) in [6.07, 6.45) is 0. The van der Waals surface area contributed by atoms with E-state index in [1.165, 1.54) is 37.4 Å². The van der Waals surface area contributed by atoms with Gasteiger partial charge in [-0.25, -0.2) is 8.42 Å². The molecular weight excluding hydrogens is 464 g/mol. The molecule has 174 valence electrons. The first-order chi connectivity index (χ1) is 15.6. The zero-order chi connectivity index (χ0) is 24.2. The molecule has 0 aliphatic heterocycles. The molecule has 3 rings (SSSR count). The average Bonchev–Trinajstić information content (AvgIpc) is 2.79. The zero-order valence-corrected chi connectivity index (χ0v) is 20.3. The van der Waals surface area contributed by atoms with Crippen molar-refractivity contribution in [3.8, 4) is 11.5 Å². The van der Waals surface area contributed by atoms with Crippen LogP contribution in [0.3, 0.4) is 0 Å². The van der Waals surface area contributed by atoms with Crippen molar-refractivity contribution in [3.05, 3.63) is 82.4 Å². The van der Waals surface area contributed by atoms with E-state index in [2.05, 4.69) is 10.0 Å². The number of ether oxygens (including phenoxy) is 2. The number of benzene rings is 3. The van der Waals surface area contributed by atoms with Crippen LogP contribution in [0.2, 0.25) is 5.02 Å². The van der Waals surface area contributed by atoms with Gasteiger partial charge in [-0.15, -0.1) is 0 Å². The fraction of sp³-hybridized carbons (Fsp3) is 0.208. The van der Waals surface area contributed by atoms with Crippen LogP contribution in [0, 0.1) is 6.92 Å². The lowest BCUT2D eigenvalue weighted by Gasteiger charge is -2.17. The summed E-state index contributed by atoms with van der Waals surface area (Å²) in [6.45, 7) is 3.69. The van der Waals surface area contributed by atoms with Crippen molar-refractivity contribution in [3.63, 3.8) is 0 Å². The number of carbonyl (C=O) groups excluding carboxylic acids is 1. The quantitative estimate of drug-likeness (QED) is 0.467. The highest BCUT2D eigenvalue weighted by Gasteiger charge is 2.19. The van der Waals surface area contributed by atoms with E-state index in [9.17, 15) is 13.2 Å². The fourth-order valence-corrected chi connectivity index (χ4v) is 4.43. The lowest BCUT2D eigenvalue weighted by atomic mass is 10.1. The summed E-state index contributed by atoms with van der Waals surface area (Å²) in [5.41, 5.74) is 2.12. The number of rotatable bonds is 8. The Morgan fingerprint density at radius 2 is 1.61 bits per heavy atom. The highest BCUT2D eigenvalue weighted by molar-refractivity contribution is 7.92. The van der Waals surface area contributed by atoms with Crippen molar-refractivity contribution < 1.29 is 22.7 Å². The molecule has 0 saturated heterocycles. The third kappa shape index (κ3) is 5.77. The Bertz CT molecular complexity index is 1260. The number of hydrogen-bond donors (Lipinski definition) is 2. The molecule has 3 aromatic carbocycles. The van der Waals surface area contributed by atoms with Gasteiger partial charge in [0.15, 0.2) is 11.5 Å². The summed E-state index contributed by atoms with van der Waals surface area (Å²) >= 11 is 6.24. The lowest BCUT2D eigenvalue weighted by molar-refractivity contribution is 0.0940. The Balaban J connectivity index is 1.80. The van der Waals surface area contributed by atoms with Gasteiger partial charge in [0.05, 0.1) is 35.7 Å². The van der Waals surface area contributed by atoms with Gasteiger partial charge in [0.1, 0.15) is 0 Å². The molecule has 0 aliphatic carbocycles. The van der Waals surface area contributed by atoms with E-state index in [4.69, 9.17) is 21.1 Å². The van der Waals surface area contributed by atoms with E-state index >= 15 is 0 Å². The van der Waals surface area contributed by atoms with Crippen molar-refractivity contribution in [1.82, 2.24) is 5.32 Å². The number of carbonyl (C=O) groups is 1. The van der Waals surface area contributed by atoms with Crippen molar-refractivity contribution in [2.75, 3.05) is 18.9 Å². The molecule has 0 fully saturated rings. The Hall–Kier alpha value is -3.23. The second kappa shape index (κ2) is 10.1. The smallest absolute Gasteiger partial charge is 0.261 e. The molecular formula is C24H25ClN2O5S. The third-order valence-corrected chi connectivity index (χ3v) is 6.78. The normalized spacial score (nSPS) is 12.0. The average molecular weight is 489 g/mol. The van der Waals surface area contributed by atoms with Gasteiger partial charge in [0.25, 0.3) is 15.9 Å². The van der Waals surface area contributed by atoms with Crippen LogP contribution >= 0.6 is 11.6 Å². The molecule has 2 N–H and O–H groups in total. The number of methoxy groups -OCH3 is 2. The molecule has 0 saturated carbocycles. The third-order valence-electron chi connectivity index (χ3n) is 5.05. The van der Waals surface area contributed by atoms with Gasteiger partial charge in [0, 0.05) is 5.69 Å².